The molecule has 0 N–H and O–H groups in total. The first-order valence-corrected chi connectivity index (χ1v) is 6.47. The summed E-state index contributed by atoms with van der Waals surface area (Å²) >= 11 is 0. The number of likely N-dealkylation sites (N-methyl/N-ethyl adjacent to an activating group) is 1. The lowest BCUT2D eigenvalue weighted by Gasteiger charge is -2.26. The Kier molecular flexibility index (Phi) is 4.91. The molecule has 0 aliphatic heterocycles. The number of carbonyl (C=O) groups is 1. The van der Waals surface area contributed by atoms with Crippen LogP contribution < -0.4 is 0 Å². The maximum absolute atomic E-state index is 11.9. The fourth-order valence-electron chi connectivity index (χ4n) is 1.61. The highest BCUT2D eigenvalue weighted by atomic mass is 16.6. The van der Waals surface area contributed by atoms with Gasteiger partial charge in [-0.25, -0.2) is 4.79 Å². The Bertz CT molecular complexity index is 423. The molecule has 1 amide bonds. The zero-order valence-corrected chi connectivity index (χ0v) is 12.6. The third-order valence-electron chi connectivity index (χ3n) is 2.58. The van der Waals surface area contributed by atoms with Crippen LogP contribution in [-0.2, 0) is 4.74 Å². The Morgan fingerprint density at radius 2 is 2.11 bits per heavy atom. The highest BCUT2D eigenvalue weighted by Crippen LogP contribution is 2.19. The lowest BCUT2D eigenvalue weighted by Crippen LogP contribution is -2.36. The molecule has 0 bridgehead atoms. The normalized spacial score (nSPS) is 13.2. The minimum absolute atomic E-state index is 0.0266. The van der Waals surface area contributed by atoms with Crippen molar-refractivity contribution in [3.05, 3.63) is 11.7 Å². The van der Waals surface area contributed by atoms with E-state index in [0.29, 0.717) is 18.3 Å². The van der Waals surface area contributed by atoms with Crippen molar-refractivity contribution in [2.24, 2.45) is 0 Å². The smallest absolute Gasteiger partial charge is 0.410 e. The first-order chi connectivity index (χ1) is 8.73. The summed E-state index contributed by atoms with van der Waals surface area (Å²) in [5, 5.41) is 3.78. The van der Waals surface area contributed by atoms with Crippen LogP contribution in [0.3, 0.4) is 0 Å². The molecule has 1 unspecified atom stereocenters. The van der Waals surface area contributed by atoms with Crippen LogP contribution in [0.1, 0.15) is 51.7 Å². The number of hydrogen-bond acceptors (Lipinski definition) is 5. The van der Waals surface area contributed by atoms with Crippen LogP contribution in [0.25, 0.3) is 0 Å². The van der Waals surface area contributed by atoms with Crippen molar-refractivity contribution in [2.75, 3.05) is 13.6 Å². The van der Waals surface area contributed by atoms with Gasteiger partial charge in [0.2, 0.25) is 5.89 Å². The molecular formula is C13H23N3O3. The first-order valence-electron chi connectivity index (χ1n) is 6.47. The number of rotatable bonds is 4. The van der Waals surface area contributed by atoms with Crippen molar-refractivity contribution in [3.8, 4) is 0 Å². The third-order valence-corrected chi connectivity index (χ3v) is 2.58. The van der Waals surface area contributed by atoms with Crippen molar-refractivity contribution in [1.29, 1.82) is 0 Å². The summed E-state index contributed by atoms with van der Waals surface area (Å²) in [6.45, 7) is 9.82. The summed E-state index contributed by atoms with van der Waals surface area (Å²) in [7, 11) is 1.71. The molecule has 108 valence electrons. The Morgan fingerprint density at radius 1 is 1.47 bits per heavy atom. The molecule has 1 atom stereocenters. The Morgan fingerprint density at radius 3 is 2.53 bits per heavy atom. The number of ether oxygens (including phenoxy) is 1. The highest BCUT2D eigenvalue weighted by molar-refractivity contribution is 5.67. The second-order valence-corrected chi connectivity index (χ2v) is 5.65. The van der Waals surface area contributed by atoms with Crippen LogP contribution in [-0.4, -0.2) is 40.3 Å². The summed E-state index contributed by atoms with van der Waals surface area (Å²) in [6, 6.07) is 0. The first kappa shape index (κ1) is 15.5. The average molecular weight is 269 g/mol. The molecule has 1 rings (SSSR count). The number of hydrogen-bond donors (Lipinski definition) is 0. The van der Waals surface area contributed by atoms with Gasteiger partial charge in [0.25, 0.3) is 0 Å². The molecule has 6 heteroatoms. The van der Waals surface area contributed by atoms with E-state index < -0.39 is 5.60 Å². The number of nitrogens with zero attached hydrogens (tertiary/aromatic N) is 3. The van der Waals surface area contributed by atoms with Gasteiger partial charge in [-0.3, -0.25) is 0 Å². The zero-order chi connectivity index (χ0) is 14.6. The summed E-state index contributed by atoms with van der Waals surface area (Å²) in [4.78, 5) is 17.6. The Hall–Kier alpha value is -1.59. The monoisotopic (exact) mass is 269 g/mol. The molecule has 1 heterocycles. The standard InChI is InChI=1S/C13H23N3O3/c1-7-10(11-14-9(2)15-19-11)8-16(6)12(17)18-13(3,4)5/h10H,7-8H2,1-6H3. The summed E-state index contributed by atoms with van der Waals surface area (Å²) in [5.74, 6) is 1.20. The predicted octanol–water partition coefficient (Wildman–Crippen LogP) is 2.74. The van der Waals surface area contributed by atoms with Crippen LogP contribution >= 0.6 is 0 Å². The second-order valence-electron chi connectivity index (χ2n) is 5.65. The molecule has 0 radical (unpaired) electrons. The van der Waals surface area contributed by atoms with E-state index in [1.165, 1.54) is 0 Å². The number of aromatic nitrogens is 2. The highest BCUT2D eigenvalue weighted by Gasteiger charge is 2.24. The van der Waals surface area contributed by atoms with Gasteiger partial charge in [0.15, 0.2) is 5.82 Å². The van der Waals surface area contributed by atoms with E-state index in [2.05, 4.69) is 10.1 Å². The number of aryl methyl sites for hydroxylation is 1. The maximum atomic E-state index is 11.9. The van der Waals surface area contributed by atoms with Crippen molar-refractivity contribution in [2.45, 2.75) is 52.6 Å². The van der Waals surface area contributed by atoms with Crippen molar-refractivity contribution < 1.29 is 14.1 Å². The quantitative estimate of drug-likeness (QED) is 0.840. The number of amides is 1. The minimum Gasteiger partial charge on any atom is -0.444 e. The number of carbonyl (C=O) groups excluding carboxylic acids is 1. The van der Waals surface area contributed by atoms with Gasteiger partial charge in [-0.2, -0.15) is 4.98 Å². The summed E-state index contributed by atoms with van der Waals surface area (Å²) in [6.07, 6.45) is 0.469. The zero-order valence-electron chi connectivity index (χ0n) is 12.6. The lowest BCUT2D eigenvalue weighted by molar-refractivity contribution is 0.0283. The molecule has 0 saturated heterocycles. The molecule has 6 nitrogen and oxygen atoms in total. The fourth-order valence-corrected chi connectivity index (χ4v) is 1.61. The van der Waals surface area contributed by atoms with Crippen LogP contribution in [0.4, 0.5) is 4.79 Å². The minimum atomic E-state index is -0.492. The lowest BCUT2D eigenvalue weighted by atomic mass is 10.1. The largest absolute Gasteiger partial charge is 0.444 e. The molecule has 0 spiro atoms. The van der Waals surface area contributed by atoms with Gasteiger partial charge < -0.3 is 14.2 Å². The molecule has 0 fully saturated rings. The predicted molar refractivity (Wildman–Crippen MR) is 70.9 cm³/mol. The topological polar surface area (TPSA) is 68.5 Å². The average Bonchev–Trinajstić information content (AvgIpc) is 2.69. The van der Waals surface area contributed by atoms with Crippen LogP contribution in [0.2, 0.25) is 0 Å². The summed E-state index contributed by atoms with van der Waals surface area (Å²) < 4.78 is 10.5. The Labute approximate surface area is 114 Å². The van der Waals surface area contributed by atoms with E-state index >= 15 is 0 Å². The molecule has 1 aromatic heterocycles. The van der Waals surface area contributed by atoms with Gasteiger partial charge in [-0.15, -0.1) is 0 Å². The molecular weight excluding hydrogens is 246 g/mol. The van der Waals surface area contributed by atoms with Crippen molar-refractivity contribution >= 4 is 6.09 Å². The van der Waals surface area contributed by atoms with E-state index in [0.717, 1.165) is 6.42 Å². The van der Waals surface area contributed by atoms with Gasteiger partial charge in [0.1, 0.15) is 5.60 Å². The van der Waals surface area contributed by atoms with Crippen LogP contribution in [0.15, 0.2) is 4.52 Å². The van der Waals surface area contributed by atoms with Gasteiger partial charge in [-0.05, 0) is 34.1 Å². The van der Waals surface area contributed by atoms with Crippen molar-refractivity contribution in [3.63, 3.8) is 0 Å². The summed E-state index contributed by atoms with van der Waals surface area (Å²) in [5.41, 5.74) is -0.492. The van der Waals surface area contributed by atoms with Gasteiger partial charge in [-0.1, -0.05) is 12.1 Å². The van der Waals surface area contributed by atoms with Gasteiger partial charge in [0.05, 0.1) is 5.92 Å². The van der Waals surface area contributed by atoms with E-state index in [4.69, 9.17) is 9.26 Å². The van der Waals surface area contributed by atoms with Crippen molar-refractivity contribution in [1.82, 2.24) is 15.0 Å². The van der Waals surface area contributed by atoms with E-state index in [-0.39, 0.29) is 12.0 Å². The van der Waals surface area contributed by atoms with Crippen LogP contribution in [0.5, 0.6) is 0 Å². The SMILES string of the molecule is CCC(CN(C)C(=O)OC(C)(C)C)c1nc(C)no1. The maximum Gasteiger partial charge on any atom is 0.410 e. The molecule has 0 aliphatic carbocycles. The second kappa shape index (κ2) is 6.04. The molecule has 0 saturated carbocycles. The molecule has 0 aromatic carbocycles. The molecule has 19 heavy (non-hydrogen) atoms. The van der Waals surface area contributed by atoms with Gasteiger partial charge >= 0.3 is 6.09 Å². The molecule has 0 aliphatic rings. The Balaban J connectivity index is 2.63. The van der Waals surface area contributed by atoms with E-state index in [1.54, 1.807) is 18.9 Å². The fraction of sp³-hybridized carbons (Fsp3) is 0.769. The van der Waals surface area contributed by atoms with E-state index in [1.807, 2.05) is 27.7 Å². The van der Waals surface area contributed by atoms with E-state index in [9.17, 15) is 4.79 Å². The van der Waals surface area contributed by atoms with Gasteiger partial charge in [0, 0.05) is 13.6 Å². The third kappa shape index (κ3) is 4.89. The van der Waals surface area contributed by atoms with Crippen LogP contribution in [0, 0.1) is 6.92 Å². The molecule has 1 aromatic rings.